The van der Waals surface area contributed by atoms with Crippen LogP contribution in [0.4, 0.5) is 0 Å². The number of carbonyl (C=O) groups excluding carboxylic acids is 1. The van der Waals surface area contributed by atoms with Crippen molar-refractivity contribution in [3.8, 4) is 11.1 Å². The van der Waals surface area contributed by atoms with Crippen molar-refractivity contribution in [1.82, 2.24) is 5.32 Å². The molecule has 2 nitrogen and oxygen atoms in total. The SMILES string of the molecule is CC(C)c1ccccc1-c1ccc(CNC=O)cc1. The first-order valence-corrected chi connectivity index (χ1v) is 6.57. The van der Waals surface area contributed by atoms with Crippen LogP contribution < -0.4 is 5.32 Å². The Bertz CT molecular complexity index is 543. The van der Waals surface area contributed by atoms with Gasteiger partial charge in [-0.3, -0.25) is 4.79 Å². The second-order valence-corrected chi connectivity index (χ2v) is 4.94. The normalized spacial score (nSPS) is 10.5. The standard InChI is InChI=1S/C17H19NO/c1-13(2)16-5-3-4-6-17(16)15-9-7-14(8-10-15)11-18-12-19/h3-10,12-13H,11H2,1-2H3,(H,18,19). The molecule has 19 heavy (non-hydrogen) atoms. The maximum absolute atomic E-state index is 10.3. The van der Waals surface area contributed by atoms with Gasteiger partial charge in [0.15, 0.2) is 0 Å². The van der Waals surface area contributed by atoms with Crippen LogP contribution in [0.1, 0.15) is 30.9 Å². The molecule has 0 saturated heterocycles. The Hall–Kier alpha value is -2.09. The molecule has 1 N–H and O–H groups in total. The summed E-state index contributed by atoms with van der Waals surface area (Å²) >= 11 is 0. The molecule has 0 radical (unpaired) electrons. The van der Waals surface area contributed by atoms with E-state index in [4.69, 9.17) is 0 Å². The predicted molar refractivity (Wildman–Crippen MR) is 78.9 cm³/mol. The Morgan fingerprint density at radius 3 is 2.37 bits per heavy atom. The second-order valence-electron chi connectivity index (χ2n) is 4.94. The summed E-state index contributed by atoms with van der Waals surface area (Å²) in [5.74, 6) is 0.507. The Labute approximate surface area is 114 Å². The zero-order valence-electron chi connectivity index (χ0n) is 11.4. The quantitative estimate of drug-likeness (QED) is 0.808. The number of amides is 1. The van der Waals surface area contributed by atoms with Crippen LogP contribution in [-0.4, -0.2) is 6.41 Å². The number of rotatable bonds is 5. The van der Waals surface area contributed by atoms with Gasteiger partial charge in [0.05, 0.1) is 0 Å². The molecule has 0 unspecified atom stereocenters. The Balaban J connectivity index is 2.29. The average Bonchev–Trinajstić information content (AvgIpc) is 2.45. The number of carbonyl (C=O) groups is 1. The molecule has 2 aromatic rings. The molecular weight excluding hydrogens is 234 g/mol. The van der Waals surface area contributed by atoms with E-state index >= 15 is 0 Å². The largest absolute Gasteiger partial charge is 0.355 e. The van der Waals surface area contributed by atoms with E-state index in [1.54, 1.807) is 0 Å². The first kappa shape index (κ1) is 13.3. The smallest absolute Gasteiger partial charge is 0.207 e. The number of hydrogen-bond acceptors (Lipinski definition) is 1. The van der Waals surface area contributed by atoms with Crippen LogP contribution >= 0.6 is 0 Å². The minimum absolute atomic E-state index is 0.507. The molecule has 98 valence electrons. The van der Waals surface area contributed by atoms with Gasteiger partial charge in [0.25, 0.3) is 0 Å². The molecule has 0 heterocycles. The lowest BCUT2D eigenvalue weighted by Crippen LogP contribution is -2.09. The van der Waals surface area contributed by atoms with Crippen LogP contribution in [0.3, 0.4) is 0 Å². The van der Waals surface area contributed by atoms with Gasteiger partial charge in [-0.2, -0.15) is 0 Å². The predicted octanol–water partition coefficient (Wildman–Crippen LogP) is 3.72. The fourth-order valence-electron chi connectivity index (χ4n) is 2.23. The maximum Gasteiger partial charge on any atom is 0.207 e. The molecule has 0 spiro atoms. The summed E-state index contributed by atoms with van der Waals surface area (Å²) in [6.07, 6.45) is 0.724. The van der Waals surface area contributed by atoms with Gasteiger partial charge in [0.1, 0.15) is 0 Å². The summed E-state index contributed by atoms with van der Waals surface area (Å²) in [5, 5.41) is 2.67. The van der Waals surface area contributed by atoms with Crippen molar-refractivity contribution in [3.05, 3.63) is 59.7 Å². The van der Waals surface area contributed by atoms with E-state index in [0.717, 1.165) is 12.0 Å². The molecule has 0 fully saturated rings. The van der Waals surface area contributed by atoms with Gasteiger partial charge in [-0.05, 0) is 28.2 Å². The van der Waals surface area contributed by atoms with Gasteiger partial charge >= 0.3 is 0 Å². The third-order valence-corrected chi connectivity index (χ3v) is 3.24. The summed E-state index contributed by atoms with van der Waals surface area (Å²) in [6.45, 7) is 5.00. The van der Waals surface area contributed by atoms with Gasteiger partial charge in [-0.1, -0.05) is 62.4 Å². The highest BCUT2D eigenvalue weighted by Gasteiger charge is 2.07. The van der Waals surface area contributed by atoms with E-state index in [1.165, 1.54) is 16.7 Å². The van der Waals surface area contributed by atoms with Crippen molar-refractivity contribution in [2.75, 3.05) is 0 Å². The van der Waals surface area contributed by atoms with Gasteiger partial charge in [0.2, 0.25) is 6.41 Å². The molecule has 1 amide bonds. The molecule has 0 aromatic heterocycles. The zero-order valence-corrected chi connectivity index (χ0v) is 11.4. The highest BCUT2D eigenvalue weighted by molar-refractivity contribution is 5.68. The van der Waals surface area contributed by atoms with Crippen molar-refractivity contribution in [1.29, 1.82) is 0 Å². The number of hydrogen-bond donors (Lipinski definition) is 1. The highest BCUT2D eigenvalue weighted by atomic mass is 16.1. The van der Waals surface area contributed by atoms with Crippen LogP contribution in [0.25, 0.3) is 11.1 Å². The van der Waals surface area contributed by atoms with E-state index < -0.39 is 0 Å². The Morgan fingerprint density at radius 2 is 1.74 bits per heavy atom. The molecule has 2 aromatic carbocycles. The van der Waals surface area contributed by atoms with Crippen molar-refractivity contribution < 1.29 is 4.79 Å². The average molecular weight is 253 g/mol. The maximum atomic E-state index is 10.3. The summed E-state index contributed by atoms with van der Waals surface area (Å²) in [7, 11) is 0. The van der Waals surface area contributed by atoms with Crippen LogP contribution in [-0.2, 0) is 11.3 Å². The molecule has 0 saturated carbocycles. The number of nitrogens with one attached hydrogen (secondary N) is 1. The Kier molecular flexibility index (Phi) is 4.35. The molecular formula is C17H19NO. The minimum Gasteiger partial charge on any atom is -0.355 e. The molecule has 0 atom stereocenters. The molecule has 2 heteroatoms. The van der Waals surface area contributed by atoms with E-state index in [2.05, 4.69) is 67.7 Å². The van der Waals surface area contributed by atoms with Crippen molar-refractivity contribution in [2.45, 2.75) is 26.3 Å². The second kappa shape index (κ2) is 6.19. The van der Waals surface area contributed by atoms with Gasteiger partial charge < -0.3 is 5.32 Å². The molecule has 2 rings (SSSR count). The van der Waals surface area contributed by atoms with Crippen molar-refractivity contribution in [2.24, 2.45) is 0 Å². The van der Waals surface area contributed by atoms with E-state index in [9.17, 15) is 4.79 Å². The monoisotopic (exact) mass is 253 g/mol. The van der Waals surface area contributed by atoms with E-state index in [1.807, 2.05) is 0 Å². The Morgan fingerprint density at radius 1 is 1.05 bits per heavy atom. The summed E-state index contributed by atoms with van der Waals surface area (Å²) in [5.41, 5.74) is 4.98. The van der Waals surface area contributed by atoms with Gasteiger partial charge in [-0.25, -0.2) is 0 Å². The van der Waals surface area contributed by atoms with Crippen molar-refractivity contribution in [3.63, 3.8) is 0 Å². The van der Waals surface area contributed by atoms with Crippen LogP contribution in [0.15, 0.2) is 48.5 Å². The van der Waals surface area contributed by atoms with Crippen molar-refractivity contribution >= 4 is 6.41 Å². The fraction of sp³-hybridized carbons (Fsp3) is 0.235. The third kappa shape index (κ3) is 3.22. The summed E-state index contributed by atoms with van der Waals surface area (Å²) in [6, 6.07) is 16.8. The lowest BCUT2D eigenvalue weighted by molar-refractivity contribution is -0.109. The minimum atomic E-state index is 0.507. The number of benzene rings is 2. The highest BCUT2D eigenvalue weighted by Crippen LogP contribution is 2.29. The van der Waals surface area contributed by atoms with Crippen LogP contribution in [0, 0.1) is 0 Å². The molecule has 0 aliphatic rings. The first-order chi connectivity index (χ1) is 9.22. The summed E-state index contributed by atoms with van der Waals surface area (Å²) < 4.78 is 0. The third-order valence-electron chi connectivity index (χ3n) is 3.24. The fourth-order valence-corrected chi connectivity index (χ4v) is 2.23. The van der Waals surface area contributed by atoms with Gasteiger partial charge in [-0.15, -0.1) is 0 Å². The summed E-state index contributed by atoms with van der Waals surface area (Å²) in [4.78, 5) is 10.3. The van der Waals surface area contributed by atoms with Crippen LogP contribution in [0.5, 0.6) is 0 Å². The molecule has 0 bridgehead atoms. The van der Waals surface area contributed by atoms with E-state index in [0.29, 0.717) is 12.5 Å². The lowest BCUT2D eigenvalue weighted by Gasteiger charge is -2.13. The first-order valence-electron chi connectivity index (χ1n) is 6.57. The van der Waals surface area contributed by atoms with Crippen LogP contribution in [0.2, 0.25) is 0 Å². The lowest BCUT2D eigenvalue weighted by atomic mass is 9.92. The van der Waals surface area contributed by atoms with Gasteiger partial charge in [0, 0.05) is 6.54 Å². The molecule has 0 aliphatic carbocycles. The zero-order chi connectivity index (χ0) is 13.7. The topological polar surface area (TPSA) is 29.1 Å². The van der Waals surface area contributed by atoms with E-state index in [-0.39, 0.29) is 0 Å². The molecule has 0 aliphatic heterocycles.